The first kappa shape index (κ1) is 26.7. The number of likely N-dealkylation sites (tertiary alicyclic amines) is 1. The Kier molecular flexibility index (Phi) is 7.32. The van der Waals surface area contributed by atoms with Crippen molar-refractivity contribution in [3.63, 3.8) is 0 Å². The van der Waals surface area contributed by atoms with Gasteiger partial charge in [0.1, 0.15) is 16.3 Å². The van der Waals surface area contributed by atoms with E-state index in [4.69, 9.17) is 16.3 Å². The van der Waals surface area contributed by atoms with Crippen molar-refractivity contribution in [3.05, 3.63) is 58.4 Å². The topological polar surface area (TPSA) is 84.4 Å². The molecular formula is C26H26ClF3N4O3. The molecule has 7 nitrogen and oxygen atoms in total. The molecule has 196 valence electrons. The Hall–Kier alpha value is -3.40. The quantitative estimate of drug-likeness (QED) is 0.287. The zero-order valence-electron chi connectivity index (χ0n) is 20.5. The second-order valence-corrected chi connectivity index (χ2v) is 10.3. The number of fused-ring (bicyclic) bond motifs is 1. The maximum absolute atomic E-state index is 14.2. The van der Waals surface area contributed by atoms with Gasteiger partial charge in [0.15, 0.2) is 6.29 Å². The Morgan fingerprint density at radius 3 is 2.49 bits per heavy atom. The van der Waals surface area contributed by atoms with Gasteiger partial charge in [0.25, 0.3) is 0 Å². The number of halogens is 4. The largest absolute Gasteiger partial charge is 0.444 e. The van der Waals surface area contributed by atoms with Gasteiger partial charge in [0, 0.05) is 25.0 Å². The number of ether oxygens (including phenoxy) is 1. The Labute approximate surface area is 217 Å². The molecule has 37 heavy (non-hydrogen) atoms. The van der Waals surface area contributed by atoms with Gasteiger partial charge in [-0.1, -0.05) is 17.7 Å². The van der Waals surface area contributed by atoms with E-state index in [9.17, 15) is 22.8 Å². The van der Waals surface area contributed by atoms with Crippen molar-refractivity contribution in [1.82, 2.24) is 14.9 Å². The summed E-state index contributed by atoms with van der Waals surface area (Å²) in [5.74, 6) is -0.378. The highest BCUT2D eigenvalue weighted by Crippen LogP contribution is 2.41. The van der Waals surface area contributed by atoms with Crippen LogP contribution in [-0.2, 0) is 10.9 Å². The lowest BCUT2D eigenvalue weighted by Crippen LogP contribution is -2.41. The van der Waals surface area contributed by atoms with Crippen LogP contribution in [0, 0.1) is 0 Å². The van der Waals surface area contributed by atoms with E-state index in [0.29, 0.717) is 37.7 Å². The molecule has 0 saturated carbocycles. The van der Waals surface area contributed by atoms with Crippen LogP contribution in [0.3, 0.4) is 0 Å². The molecule has 0 bridgehead atoms. The van der Waals surface area contributed by atoms with E-state index in [1.54, 1.807) is 26.8 Å². The number of pyridine rings is 2. The first-order valence-electron chi connectivity index (χ1n) is 11.7. The Bertz CT molecular complexity index is 1330. The van der Waals surface area contributed by atoms with E-state index in [0.717, 1.165) is 6.07 Å². The summed E-state index contributed by atoms with van der Waals surface area (Å²) in [5, 5.41) is 3.08. The van der Waals surface area contributed by atoms with Crippen molar-refractivity contribution in [2.24, 2.45) is 0 Å². The predicted octanol–water partition coefficient (Wildman–Crippen LogP) is 6.97. The first-order chi connectivity index (χ1) is 17.4. The standard InChI is InChI=1S/C26H26ClF3N4O3/c1-25(2,3)37-24(36)34-10-8-15(9-11-34)18-5-4-17(12-19(18)26(28,29)30)32-22-16(14-35)13-31-20-6-7-21(27)33-23(20)22/h4-7,12-15H,8-11H2,1-3H3,(H,31,32). The predicted molar refractivity (Wildman–Crippen MR) is 134 cm³/mol. The number of alkyl halides is 3. The number of aromatic nitrogens is 2. The molecule has 0 radical (unpaired) electrons. The number of nitrogens with one attached hydrogen (secondary N) is 1. The van der Waals surface area contributed by atoms with Crippen LogP contribution >= 0.6 is 11.6 Å². The fourth-order valence-corrected chi connectivity index (χ4v) is 4.50. The van der Waals surface area contributed by atoms with E-state index in [2.05, 4.69) is 15.3 Å². The molecule has 1 aliphatic heterocycles. The number of hydrogen-bond acceptors (Lipinski definition) is 6. The van der Waals surface area contributed by atoms with E-state index in [1.807, 2.05) is 0 Å². The smallest absolute Gasteiger partial charge is 0.416 e. The molecule has 1 fully saturated rings. The van der Waals surface area contributed by atoms with Crippen molar-refractivity contribution in [3.8, 4) is 0 Å². The van der Waals surface area contributed by atoms with Crippen LogP contribution in [-0.4, -0.2) is 45.9 Å². The SMILES string of the molecule is CC(C)(C)OC(=O)N1CCC(c2ccc(Nc3c(C=O)cnc4ccc(Cl)nc34)cc2C(F)(F)F)CC1. The van der Waals surface area contributed by atoms with Gasteiger partial charge in [-0.15, -0.1) is 0 Å². The zero-order chi connectivity index (χ0) is 27.0. The van der Waals surface area contributed by atoms with E-state index in [-0.39, 0.29) is 39.1 Å². The summed E-state index contributed by atoms with van der Waals surface area (Å²) in [5.41, 5.74) is -0.0666. The molecule has 0 atom stereocenters. The highest BCUT2D eigenvalue weighted by Gasteiger charge is 2.37. The molecule has 0 spiro atoms. The van der Waals surface area contributed by atoms with Crippen LogP contribution < -0.4 is 5.32 Å². The summed E-state index contributed by atoms with van der Waals surface area (Å²) < 4.78 is 47.8. The van der Waals surface area contributed by atoms with Gasteiger partial charge in [0.05, 0.1) is 22.3 Å². The normalized spacial score (nSPS) is 15.1. The highest BCUT2D eigenvalue weighted by molar-refractivity contribution is 6.29. The van der Waals surface area contributed by atoms with Gasteiger partial charge in [-0.2, -0.15) is 13.2 Å². The number of aldehydes is 1. The van der Waals surface area contributed by atoms with E-state index < -0.39 is 23.4 Å². The molecule has 1 amide bonds. The molecule has 11 heteroatoms. The molecule has 1 N–H and O–H groups in total. The van der Waals surface area contributed by atoms with Gasteiger partial charge in [-0.25, -0.2) is 9.78 Å². The van der Waals surface area contributed by atoms with Crippen molar-refractivity contribution in [2.45, 2.75) is 51.3 Å². The molecule has 1 aliphatic rings. The average molecular weight is 535 g/mol. The molecule has 2 aromatic heterocycles. The number of amides is 1. The summed E-state index contributed by atoms with van der Waals surface area (Å²) in [6.07, 6.45) is -2.45. The first-order valence-corrected chi connectivity index (χ1v) is 12.1. The van der Waals surface area contributed by atoms with Crippen molar-refractivity contribution >= 4 is 46.4 Å². The lowest BCUT2D eigenvalue weighted by atomic mass is 9.86. The third kappa shape index (κ3) is 6.12. The monoisotopic (exact) mass is 534 g/mol. The molecule has 1 saturated heterocycles. The fraction of sp³-hybridized carbons (Fsp3) is 0.385. The van der Waals surface area contributed by atoms with Crippen LogP contribution in [0.5, 0.6) is 0 Å². The third-order valence-electron chi connectivity index (χ3n) is 6.05. The van der Waals surface area contributed by atoms with Crippen LogP contribution in [0.4, 0.5) is 29.3 Å². The van der Waals surface area contributed by atoms with Gasteiger partial charge in [-0.3, -0.25) is 9.78 Å². The van der Waals surface area contributed by atoms with Crippen LogP contribution in [0.2, 0.25) is 5.15 Å². The van der Waals surface area contributed by atoms with Crippen molar-refractivity contribution < 1.29 is 27.5 Å². The molecule has 0 aliphatic carbocycles. The van der Waals surface area contributed by atoms with Gasteiger partial charge >= 0.3 is 12.3 Å². The third-order valence-corrected chi connectivity index (χ3v) is 6.26. The van der Waals surface area contributed by atoms with Crippen LogP contribution in [0.15, 0.2) is 36.5 Å². The summed E-state index contributed by atoms with van der Waals surface area (Å²) in [6.45, 7) is 5.89. The van der Waals surface area contributed by atoms with Gasteiger partial charge < -0.3 is 15.0 Å². The fourth-order valence-electron chi connectivity index (χ4n) is 4.36. The number of carbonyl (C=O) groups is 2. The molecule has 3 aromatic rings. The number of piperidine rings is 1. The van der Waals surface area contributed by atoms with Gasteiger partial charge in [0.2, 0.25) is 0 Å². The Morgan fingerprint density at radius 2 is 1.86 bits per heavy atom. The van der Waals surface area contributed by atoms with Crippen molar-refractivity contribution in [1.29, 1.82) is 0 Å². The molecule has 0 unspecified atom stereocenters. The maximum atomic E-state index is 14.2. The number of nitrogens with zero attached hydrogens (tertiary/aromatic N) is 3. The minimum atomic E-state index is -4.61. The second-order valence-electron chi connectivity index (χ2n) is 9.87. The molecular weight excluding hydrogens is 509 g/mol. The number of hydrogen-bond donors (Lipinski definition) is 1. The number of carbonyl (C=O) groups excluding carboxylic acids is 2. The second kappa shape index (κ2) is 10.2. The minimum Gasteiger partial charge on any atom is -0.444 e. The Balaban J connectivity index is 1.62. The maximum Gasteiger partial charge on any atom is 0.416 e. The molecule has 3 heterocycles. The number of anilines is 2. The lowest BCUT2D eigenvalue weighted by Gasteiger charge is -2.34. The molecule has 4 rings (SSSR count). The lowest BCUT2D eigenvalue weighted by molar-refractivity contribution is -0.138. The summed E-state index contributed by atoms with van der Waals surface area (Å²) >= 11 is 6.01. The zero-order valence-corrected chi connectivity index (χ0v) is 21.3. The Morgan fingerprint density at radius 1 is 1.16 bits per heavy atom. The summed E-state index contributed by atoms with van der Waals surface area (Å²) in [4.78, 5) is 33.9. The highest BCUT2D eigenvalue weighted by atomic mass is 35.5. The minimum absolute atomic E-state index is 0.134. The number of rotatable bonds is 4. The summed E-state index contributed by atoms with van der Waals surface area (Å²) in [6, 6.07) is 7.16. The molecule has 1 aromatic carbocycles. The van der Waals surface area contributed by atoms with Gasteiger partial charge in [-0.05, 0) is 69.4 Å². The van der Waals surface area contributed by atoms with Crippen LogP contribution in [0.25, 0.3) is 11.0 Å². The van der Waals surface area contributed by atoms with Crippen LogP contribution in [0.1, 0.15) is 61.0 Å². The average Bonchev–Trinajstić information content (AvgIpc) is 2.83. The van der Waals surface area contributed by atoms with E-state index in [1.165, 1.54) is 29.3 Å². The van der Waals surface area contributed by atoms with E-state index >= 15 is 0 Å². The van der Waals surface area contributed by atoms with Crippen molar-refractivity contribution in [2.75, 3.05) is 18.4 Å². The number of benzene rings is 1. The summed E-state index contributed by atoms with van der Waals surface area (Å²) in [7, 11) is 0.